The van der Waals surface area contributed by atoms with Gasteiger partial charge in [-0.05, 0) is 12.8 Å². The minimum absolute atomic E-state index is 0.0504. The van der Waals surface area contributed by atoms with Crippen molar-refractivity contribution in [3.63, 3.8) is 0 Å². The summed E-state index contributed by atoms with van der Waals surface area (Å²) in [6.45, 7) is 4.10. The molecule has 2 aromatic rings. The van der Waals surface area contributed by atoms with E-state index in [2.05, 4.69) is 34.7 Å². The second-order valence-corrected chi connectivity index (χ2v) is 12.2. The van der Waals surface area contributed by atoms with Gasteiger partial charge in [-0.15, -0.1) is 6.58 Å². The highest BCUT2D eigenvalue weighted by Gasteiger charge is 2.47. The van der Waals surface area contributed by atoms with Crippen molar-refractivity contribution in [3.8, 4) is 0 Å². The summed E-state index contributed by atoms with van der Waals surface area (Å²) in [5, 5.41) is 20.7. The molecule has 0 spiro atoms. The Balaban J connectivity index is 1.62. The largest absolute Gasteiger partial charge is 0.490 e. The van der Waals surface area contributed by atoms with Crippen molar-refractivity contribution >= 4 is 40.4 Å². The van der Waals surface area contributed by atoms with Gasteiger partial charge in [0.2, 0.25) is 0 Å². The van der Waals surface area contributed by atoms with Crippen LogP contribution in [0.15, 0.2) is 25.3 Å². The number of nitrogens with zero attached hydrogens (tertiary/aromatic N) is 4. The Morgan fingerprint density at radius 1 is 1.14 bits per heavy atom. The fourth-order valence-electron chi connectivity index (χ4n) is 3.30. The first-order valence-electron chi connectivity index (χ1n) is 10.5. The maximum atomic E-state index is 12.2. The Hall–Kier alpha value is -1.62. The summed E-state index contributed by atoms with van der Waals surface area (Å²) >= 11 is 0. The number of nitrogen functional groups attached to an aromatic ring is 1. The highest BCUT2D eigenvalue weighted by molar-refractivity contribution is 7.66. The fourth-order valence-corrected chi connectivity index (χ4v) is 7.06. The molecule has 21 heteroatoms. The highest BCUT2D eigenvalue weighted by atomic mass is 31.3. The molecule has 1 fully saturated rings. The SMILES string of the molecule is C=CCC(CC)OP(=O)(O)OP(=O)(O)OP(=O)(O)OC[C@H]1O[C@@H](n2cnc3c(N)ncnc32)[C@H](O)[C@@H]1O. The van der Waals surface area contributed by atoms with Gasteiger partial charge in [-0.1, -0.05) is 13.0 Å². The standard InChI is InChI=1S/C16H26N5O13P3/c1-3-5-9(4-2)32-36(26,27)34-37(28,29)33-35(24,25)30-6-10-12(22)13(23)16(31-10)21-8-20-11-14(17)18-7-19-15(11)21/h3,7-10,12-13,16,22-23H,1,4-6H2,2H3,(H,24,25)(H,26,27)(H,28,29)(H2,17,18,19)/t9?,10-,12-,13-,16-/m1/s1. The minimum Gasteiger partial charge on any atom is -0.387 e. The summed E-state index contributed by atoms with van der Waals surface area (Å²) in [5.41, 5.74) is 6.07. The van der Waals surface area contributed by atoms with Gasteiger partial charge in [0.05, 0.1) is 19.0 Å². The van der Waals surface area contributed by atoms with E-state index in [-0.39, 0.29) is 29.8 Å². The van der Waals surface area contributed by atoms with Crippen molar-refractivity contribution in [2.45, 2.75) is 50.4 Å². The lowest BCUT2D eigenvalue weighted by atomic mass is 10.1. The van der Waals surface area contributed by atoms with Crippen LogP contribution < -0.4 is 5.73 Å². The van der Waals surface area contributed by atoms with Gasteiger partial charge in [0, 0.05) is 0 Å². The zero-order valence-corrected chi connectivity index (χ0v) is 21.8. The van der Waals surface area contributed by atoms with Crippen LogP contribution in [0.3, 0.4) is 0 Å². The van der Waals surface area contributed by atoms with Crippen LogP contribution in [0.25, 0.3) is 11.2 Å². The van der Waals surface area contributed by atoms with E-state index < -0.39 is 60.7 Å². The second kappa shape index (κ2) is 11.6. The Labute approximate surface area is 209 Å². The first-order valence-corrected chi connectivity index (χ1v) is 15.0. The Bertz CT molecular complexity index is 1260. The number of hydrogen-bond acceptors (Lipinski definition) is 14. The number of aliphatic hydroxyl groups is 2. The molecule has 0 saturated carbocycles. The number of rotatable bonds is 13. The van der Waals surface area contributed by atoms with Gasteiger partial charge in [-0.25, -0.2) is 28.6 Å². The van der Waals surface area contributed by atoms with Gasteiger partial charge in [0.25, 0.3) is 0 Å². The van der Waals surface area contributed by atoms with Crippen molar-refractivity contribution in [1.82, 2.24) is 19.5 Å². The van der Waals surface area contributed by atoms with Crippen molar-refractivity contribution < 1.29 is 61.0 Å². The molecule has 7 N–H and O–H groups in total. The molecule has 0 aliphatic carbocycles. The summed E-state index contributed by atoms with van der Waals surface area (Å²) in [7, 11) is -16.4. The number of phosphoric acid groups is 3. The maximum absolute atomic E-state index is 12.2. The van der Waals surface area contributed by atoms with Crippen LogP contribution in [0.2, 0.25) is 0 Å². The molecule has 2 aromatic heterocycles. The molecule has 0 aromatic carbocycles. The Kier molecular flexibility index (Phi) is 9.41. The van der Waals surface area contributed by atoms with E-state index in [1.54, 1.807) is 6.92 Å². The average molecular weight is 589 g/mol. The van der Waals surface area contributed by atoms with Crippen LogP contribution in [-0.2, 0) is 36.1 Å². The summed E-state index contributed by atoms with van der Waals surface area (Å²) in [4.78, 5) is 41.0. The van der Waals surface area contributed by atoms with E-state index in [4.69, 9.17) is 15.0 Å². The number of fused-ring (bicyclic) bond motifs is 1. The van der Waals surface area contributed by atoms with Crippen molar-refractivity contribution in [2.24, 2.45) is 0 Å². The Morgan fingerprint density at radius 3 is 2.46 bits per heavy atom. The molecule has 18 nitrogen and oxygen atoms in total. The Morgan fingerprint density at radius 2 is 1.81 bits per heavy atom. The number of ether oxygens (including phenoxy) is 1. The molecule has 1 saturated heterocycles. The molecular formula is C16H26N5O13P3. The molecule has 0 radical (unpaired) electrons. The van der Waals surface area contributed by atoms with Gasteiger partial charge in [-0.2, -0.15) is 8.62 Å². The van der Waals surface area contributed by atoms with Crippen LogP contribution in [-0.4, -0.2) is 75.4 Å². The van der Waals surface area contributed by atoms with Crippen molar-refractivity contribution in [1.29, 1.82) is 0 Å². The van der Waals surface area contributed by atoms with Crippen LogP contribution in [0.5, 0.6) is 0 Å². The van der Waals surface area contributed by atoms with E-state index in [1.807, 2.05) is 0 Å². The number of phosphoric ester groups is 2. The topological polar surface area (TPSA) is 268 Å². The molecule has 3 rings (SSSR count). The molecular weight excluding hydrogens is 563 g/mol. The highest BCUT2D eigenvalue weighted by Crippen LogP contribution is 2.68. The lowest BCUT2D eigenvalue weighted by Gasteiger charge is -2.22. The maximum Gasteiger partial charge on any atom is 0.490 e. The average Bonchev–Trinajstić information content (AvgIpc) is 3.32. The lowest BCUT2D eigenvalue weighted by Crippen LogP contribution is -2.33. The van der Waals surface area contributed by atoms with Gasteiger partial charge in [0.1, 0.15) is 30.2 Å². The fraction of sp³-hybridized carbons (Fsp3) is 0.562. The summed E-state index contributed by atoms with van der Waals surface area (Å²) in [6, 6.07) is 0. The van der Waals surface area contributed by atoms with Crippen LogP contribution >= 0.6 is 23.5 Å². The molecule has 0 bridgehead atoms. The molecule has 4 unspecified atom stereocenters. The second-order valence-electron chi connectivity index (χ2n) is 7.65. The van der Waals surface area contributed by atoms with Crippen LogP contribution in [0.1, 0.15) is 26.0 Å². The van der Waals surface area contributed by atoms with Gasteiger partial charge < -0.3 is 35.4 Å². The predicted molar refractivity (Wildman–Crippen MR) is 123 cm³/mol. The van der Waals surface area contributed by atoms with E-state index >= 15 is 0 Å². The van der Waals surface area contributed by atoms with E-state index in [0.717, 1.165) is 6.33 Å². The summed E-state index contributed by atoms with van der Waals surface area (Å²) in [5.74, 6) is 0.0504. The smallest absolute Gasteiger partial charge is 0.387 e. The molecule has 0 amide bonds. The molecule has 208 valence electrons. The normalized spacial score (nSPS) is 27.8. The third kappa shape index (κ3) is 7.49. The van der Waals surface area contributed by atoms with E-state index in [9.17, 15) is 38.6 Å². The predicted octanol–water partition coefficient (Wildman–Crippen LogP) is 0.750. The van der Waals surface area contributed by atoms with E-state index in [0.29, 0.717) is 0 Å². The first-order chi connectivity index (χ1) is 17.2. The molecule has 37 heavy (non-hydrogen) atoms. The lowest BCUT2D eigenvalue weighted by molar-refractivity contribution is -0.0503. The van der Waals surface area contributed by atoms with Gasteiger partial charge in [-0.3, -0.25) is 13.6 Å². The first kappa shape index (κ1) is 29.9. The number of nitrogens with two attached hydrogens (primary N) is 1. The zero-order chi connectivity index (χ0) is 27.6. The molecule has 8 atom stereocenters. The van der Waals surface area contributed by atoms with Crippen LogP contribution in [0.4, 0.5) is 5.82 Å². The number of aromatic nitrogens is 4. The number of imidazole rings is 1. The third-order valence-corrected chi connectivity index (χ3v) is 9.32. The third-order valence-electron chi connectivity index (χ3n) is 4.98. The summed E-state index contributed by atoms with van der Waals surface area (Å²) in [6.07, 6.45) is -2.84. The molecule has 3 heterocycles. The summed E-state index contributed by atoms with van der Waals surface area (Å²) < 4.78 is 60.4. The van der Waals surface area contributed by atoms with E-state index in [1.165, 1.54) is 17.0 Å². The number of anilines is 1. The zero-order valence-electron chi connectivity index (χ0n) is 19.2. The monoisotopic (exact) mass is 589 g/mol. The molecule has 1 aliphatic rings. The van der Waals surface area contributed by atoms with Crippen molar-refractivity contribution in [2.75, 3.05) is 12.3 Å². The van der Waals surface area contributed by atoms with Crippen molar-refractivity contribution in [3.05, 3.63) is 25.3 Å². The quantitative estimate of drug-likeness (QED) is 0.139. The van der Waals surface area contributed by atoms with Crippen LogP contribution in [0, 0.1) is 0 Å². The number of aliphatic hydroxyl groups excluding tert-OH is 2. The molecule has 1 aliphatic heterocycles. The number of hydrogen-bond donors (Lipinski definition) is 6. The van der Waals surface area contributed by atoms with Gasteiger partial charge in [0.15, 0.2) is 17.7 Å². The minimum atomic E-state index is -5.69. The van der Waals surface area contributed by atoms with Gasteiger partial charge >= 0.3 is 23.5 Å².